The molecular formula is C44H40ClF8N7O5S2. The normalized spacial score (nSPS) is 21.2. The first-order valence-corrected chi connectivity index (χ1v) is 24.6. The van der Waals surface area contributed by atoms with Gasteiger partial charge in [0.1, 0.15) is 46.6 Å². The summed E-state index contributed by atoms with van der Waals surface area (Å²) in [4.78, 5) is 18.9. The third-order valence-electron chi connectivity index (χ3n) is 12.7. The number of nitrogens with zero attached hydrogens (tertiary/aromatic N) is 5. The highest BCUT2D eigenvalue weighted by Gasteiger charge is 2.67. The number of carbonyl (C=O) groups is 1. The summed E-state index contributed by atoms with van der Waals surface area (Å²) in [5.41, 5.74) is -2.54. The Balaban J connectivity index is 1.22. The van der Waals surface area contributed by atoms with Crippen LogP contribution >= 0.6 is 11.6 Å². The van der Waals surface area contributed by atoms with E-state index in [2.05, 4.69) is 32.1 Å². The standard InChI is InChI=1S/C44H40ClF8N7O5S2/c1-20-12-32(20)67(64,65)58-42-36-30(45)9-8-27(39(36)59(57-42)18-33(48)49)26-7-4-24(10-11-43(2,3)66(62,63)25-5-6-25)54-37(26)31(15-21-13-22(46)16-23(47)14-21)55-34(61)19-60-40-35(38(56-60)41(50)51)28-17-29(28)44(40,52)53/h4,7-9,13-14,16,20,25,28-29,31-33,41H,5-6,12,15,17-19H2,1-3H3,(H,55,61)(H,57,58)/t20?,28-,29+,31-,32?/m0/s1. The Bertz CT molecular complexity index is 3150. The third-order valence-corrected chi connectivity index (χ3v) is 17.8. The number of carbonyl (C=O) groups excluding carboxylic acids is 1. The minimum Gasteiger partial charge on any atom is -0.346 e. The van der Waals surface area contributed by atoms with Gasteiger partial charge in [0.2, 0.25) is 15.9 Å². The van der Waals surface area contributed by atoms with Crippen molar-refractivity contribution in [3.8, 4) is 23.0 Å². The lowest BCUT2D eigenvalue weighted by molar-refractivity contribution is -0.123. The zero-order valence-corrected chi connectivity index (χ0v) is 38.0. The summed E-state index contributed by atoms with van der Waals surface area (Å²) in [5, 5.41) is 8.97. The predicted molar refractivity (Wildman–Crippen MR) is 230 cm³/mol. The van der Waals surface area contributed by atoms with Crippen LogP contribution in [0.2, 0.25) is 5.02 Å². The first-order valence-electron chi connectivity index (χ1n) is 21.2. The third kappa shape index (κ3) is 8.64. The molecule has 3 aromatic heterocycles. The Morgan fingerprint density at radius 1 is 0.955 bits per heavy atom. The lowest BCUT2D eigenvalue weighted by atomic mass is 9.93. The van der Waals surface area contributed by atoms with E-state index in [1.807, 2.05) is 0 Å². The van der Waals surface area contributed by atoms with Crippen LogP contribution < -0.4 is 10.0 Å². The molecule has 3 fully saturated rings. The van der Waals surface area contributed by atoms with Gasteiger partial charge in [-0.05, 0) is 99.6 Å². The number of amides is 1. The summed E-state index contributed by atoms with van der Waals surface area (Å²) < 4.78 is 173. The number of halogens is 9. The van der Waals surface area contributed by atoms with Crippen molar-refractivity contribution in [3.63, 3.8) is 0 Å². The molecule has 0 aliphatic heterocycles. The molecule has 1 amide bonds. The molecule has 5 aromatic rings. The number of hydrogen-bond donors (Lipinski definition) is 2. The minimum absolute atomic E-state index is 0.00600. The molecule has 0 saturated heterocycles. The van der Waals surface area contributed by atoms with E-state index in [0.717, 1.165) is 16.8 Å². The lowest BCUT2D eigenvalue weighted by Crippen LogP contribution is -2.35. The molecule has 23 heteroatoms. The second-order valence-electron chi connectivity index (χ2n) is 18.1. The molecule has 67 heavy (non-hydrogen) atoms. The number of hydrogen-bond acceptors (Lipinski definition) is 8. The van der Waals surface area contributed by atoms with Crippen LogP contribution in [0.5, 0.6) is 0 Å². The Morgan fingerprint density at radius 3 is 2.25 bits per heavy atom. The molecule has 5 atom stereocenters. The van der Waals surface area contributed by atoms with Crippen LogP contribution in [0.3, 0.4) is 0 Å². The van der Waals surface area contributed by atoms with Crippen LogP contribution in [0.15, 0.2) is 42.5 Å². The summed E-state index contributed by atoms with van der Waals surface area (Å²) >= 11 is 6.68. The first-order chi connectivity index (χ1) is 31.4. The number of sulfone groups is 1. The van der Waals surface area contributed by atoms with Gasteiger partial charge in [-0.3, -0.25) is 18.9 Å². The van der Waals surface area contributed by atoms with E-state index in [1.165, 1.54) is 38.1 Å². The highest BCUT2D eigenvalue weighted by Crippen LogP contribution is 2.68. The quantitative estimate of drug-likeness (QED) is 0.0780. The number of benzene rings is 2. The van der Waals surface area contributed by atoms with Gasteiger partial charge >= 0.3 is 0 Å². The number of alkyl halides is 6. The number of aromatic nitrogens is 5. The largest absolute Gasteiger partial charge is 0.346 e. The van der Waals surface area contributed by atoms with Gasteiger partial charge in [-0.15, -0.1) is 0 Å². The van der Waals surface area contributed by atoms with Gasteiger partial charge in [0.15, 0.2) is 15.7 Å². The fraction of sp³-hybridized carbons (Fsp3) is 0.455. The summed E-state index contributed by atoms with van der Waals surface area (Å²) in [6.45, 7) is 2.42. The van der Waals surface area contributed by atoms with Gasteiger partial charge in [-0.2, -0.15) is 19.0 Å². The summed E-state index contributed by atoms with van der Waals surface area (Å²) in [6, 6.07) is 6.37. The van der Waals surface area contributed by atoms with Gasteiger partial charge < -0.3 is 5.32 Å². The van der Waals surface area contributed by atoms with E-state index in [0.29, 0.717) is 30.0 Å². The van der Waals surface area contributed by atoms with E-state index in [-0.39, 0.29) is 67.7 Å². The SMILES string of the molecule is CC1CC1S(=O)(=O)Nc1nn(CC(F)F)c2c(-c3ccc(C#CC(C)(C)S(=O)(=O)C4CC4)nc3[C@H](Cc3cc(F)cc(F)c3)NC(=O)Cn3nc(C(F)F)c4c3C(F)(F)[C@@H]3C[C@H]43)ccc(Cl)c12. The summed E-state index contributed by atoms with van der Waals surface area (Å²) in [5.74, 6) is -3.91. The van der Waals surface area contributed by atoms with Gasteiger partial charge in [0.05, 0.1) is 38.2 Å². The van der Waals surface area contributed by atoms with Gasteiger partial charge in [-0.1, -0.05) is 30.5 Å². The second-order valence-corrected chi connectivity index (χ2v) is 23.1. The molecule has 3 heterocycles. The minimum atomic E-state index is -4.09. The van der Waals surface area contributed by atoms with Crippen LogP contribution in [-0.2, 0) is 50.1 Å². The Labute approximate surface area is 383 Å². The molecule has 0 bridgehead atoms. The molecule has 3 saturated carbocycles. The van der Waals surface area contributed by atoms with Crippen LogP contribution in [0.1, 0.15) is 98.7 Å². The van der Waals surface area contributed by atoms with Crippen molar-refractivity contribution in [2.75, 3.05) is 4.72 Å². The zero-order chi connectivity index (χ0) is 48.3. The Kier molecular flexibility index (Phi) is 11.5. The number of anilines is 1. The molecular weight excluding hydrogens is 958 g/mol. The molecule has 2 unspecified atom stereocenters. The van der Waals surface area contributed by atoms with Gasteiger partial charge in [0, 0.05) is 28.7 Å². The lowest BCUT2D eigenvalue weighted by Gasteiger charge is -2.23. The predicted octanol–water partition coefficient (Wildman–Crippen LogP) is 8.60. The van der Waals surface area contributed by atoms with Gasteiger partial charge in [0.25, 0.3) is 18.8 Å². The van der Waals surface area contributed by atoms with Crippen molar-refractivity contribution >= 4 is 54.1 Å². The maximum Gasteiger partial charge on any atom is 0.293 e. The van der Waals surface area contributed by atoms with Crippen molar-refractivity contribution in [3.05, 3.63) is 93.0 Å². The van der Waals surface area contributed by atoms with E-state index in [1.54, 1.807) is 6.92 Å². The topological polar surface area (TPSA) is 158 Å². The smallest absolute Gasteiger partial charge is 0.293 e. The number of pyridine rings is 1. The van der Waals surface area contributed by atoms with E-state index < -0.39 is 120 Å². The molecule has 0 spiro atoms. The average Bonchev–Trinajstić information content (AvgIpc) is 4.16. The highest BCUT2D eigenvalue weighted by molar-refractivity contribution is 7.94. The molecule has 356 valence electrons. The molecule has 2 aromatic carbocycles. The maximum absolute atomic E-state index is 15.6. The van der Waals surface area contributed by atoms with Crippen LogP contribution in [-0.4, -0.2) is 69.0 Å². The molecule has 12 nitrogen and oxygen atoms in total. The molecule has 2 N–H and O–H groups in total. The molecule has 0 radical (unpaired) electrons. The first kappa shape index (κ1) is 46.8. The summed E-state index contributed by atoms with van der Waals surface area (Å²) in [7, 11) is -7.84. The van der Waals surface area contributed by atoms with Crippen LogP contribution in [0.25, 0.3) is 22.0 Å². The number of nitrogens with one attached hydrogen (secondary N) is 2. The van der Waals surface area contributed by atoms with Crippen LogP contribution in [0, 0.1) is 35.3 Å². The number of rotatable bonds is 15. The fourth-order valence-electron chi connectivity index (χ4n) is 9.02. The van der Waals surface area contributed by atoms with Crippen molar-refractivity contribution in [2.45, 2.75) is 112 Å². The molecule has 9 rings (SSSR count). The maximum atomic E-state index is 15.6. The van der Waals surface area contributed by atoms with Crippen molar-refractivity contribution < 1.29 is 56.8 Å². The van der Waals surface area contributed by atoms with Gasteiger partial charge in [-0.25, -0.2) is 48.2 Å². The van der Waals surface area contributed by atoms with Crippen molar-refractivity contribution in [1.29, 1.82) is 0 Å². The van der Waals surface area contributed by atoms with E-state index in [9.17, 15) is 48.0 Å². The second kappa shape index (κ2) is 16.5. The molecule has 4 aliphatic carbocycles. The fourth-order valence-corrected chi connectivity index (χ4v) is 12.8. The monoisotopic (exact) mass is 997 g/mol. The molecule has 4 aliphatic rings. The summed E-state index contributed by atoms with van der Waals surface area (Å²) in [6.07, 6.45) is -5.59. The number of sulfonamides is 1. The average molecular weight is 998 g/mol. The van der Waals surface area contributed by atoms with Crippen molar-refractivity contribution in [1.82, 2.24) is 29.9 Å². The highest BCUT2D eigenvalue weighted by atomic mass is 35.5. The van der Waals surface area contributed by atoms with Crippen LogP contribution in [0.4, 0.5) is 40.9 Å². The Hall–Kier alpha value is -5.27. The zero-order valence-electron chi connectivity index (χ0n) is 35.6. The van der Waals surface area contributed by atoms with Crippen molar-refractivity contribution in [2.24, 2.45) is 11.8 Å². The Morgan fingerprint density at radius 2 is 1.63 bits per heavy atom. The van der Waals surface area contributed by atoms with E-state index >= 15 is 8.78 Å². The number of fused-ring (bicyclic) bond motifs is 4. The van der Waals surface area contributed by atoms with E-state index in [4.69, 9.17) is 16.6 Å².